The Balaban J connectivity index is 3.15. The van der Waals surface area contributed by atoms with Crippen molar-refractivity contribution in [2.75, 3.05) is 19.7 Å². The Hall–Kier alpha value is -0.770. The van der Waals surface area contributed by atoms with Gasteiger partial charge in [0, 0.05) is 5.02 Å². The maximum atomic E-state index is 6.29. The van der Waals surface area contributed by atoms with Crippen LogP contribution in [0, 0.1) is 11.8 Å². The predicted molar refractivity (Wildman–Crippen MR) is 91.2 cm³/mol. The van der Waals surface area contributed by atoms with Gasteiger partial charge >= 0.3 is 0 Å². The van der Waals surface area contributed by atoms with E-state index in [9.17, 15) is 0 Å². The molecule has 0 spiro atoms. The second-order valence-electron chi connectivity index (χ2n) is 5.98. The molecular formula is C17H29ClN2O. The third-order valence-corrected chi connectivity index (χ3v) is 4.24. The van der Waals surface area contributed by atoms with Gasteiger partial charge in [0.05, 0.1) is 6.61 Å². The van der Waals surface area contributed by atoms with Crippen LogP contribution in [0.2, 0.25) is 5.02 Å². The first-order valence-electron chi connectivity index (χ1n) is 7.79. The summed E-state index contributed by atoms with van der Waals surface area (Å²) < 4.78 is 5.91. The van der Waals surface area contributed by atoms with Crippen LogP contribution in [0.4, 0.5) is 0 Å². The molecule has 1 rings (SSSR count). The highest BCUT2D eigenvalue weighted by Crippen LogP contribution is 2.35. The van der Waals surface area contributed by atoms with Crippen LogP contribution in [0.3, 0.4) is 0 Å². The largest absolute Gasteiger partial charge is 0.493 e. The second-order valence-corrected chi connectivity index (χ2v) is 6.42. The van der Waals surface area contributed by atoms with E-state index in [1.807, 2.05) is 19.1 Å². The van der Waals surface area contributed by atoms with Crippen LogP contribution in [-0.4, -0.2) is 19.7 Å². The van der Waals surface area contributed by atoms with Gasteiger partial charge in [-0.1, -0.05) is 32.4 Å². The predicted octanol–water partition coefficient (Wildman–Crippen LogP) is 3.57. The van der Waals surface area contributed by atoms with Gasteiger partial charge in [0.1, 0.15) is 5.75 Å². The first-order chi connectivity index (χ1) is 9.94. The molecule has 0 saturated carbocycles. The van der Waals surface area contributed by atoms with E-state index in [0.29, 0.717) is 37.5 Å². The lowest BCUT2D eigenvalue weighted by Gasteiger charge is -2.24. The Morgan fingerprint density at radius 1 is 1.14 bits per heavy atom. The molecule has 0 radical (unpaired) electrons. The Morgan fingerprint density at radius 2 is 1.76 bits per heavy atom. The molecule has 0 bridgehead atoms. The van der Waals surface area contributed by atoms with Crippen molar-refractivity contribution in [3.8, 4) is 5.75 Å². The van der Waals surface area contributed by atoms with Crippen LogP contribution >= 0.6 is 11.6 Å². The summed E-state index contributed by atoms with van der Waals surface area (Å²) in [6.45, 7) is 10.4. The van der Waals surface area contributed by atoms with Crippen LogP contribution < -0.4 is 16.2 Å². The molecule has 3 nitrogen and oxygen atoms in total. The molecule has 1 atom stereocenters. The van der Waals surface area contributed by atoms with Gasteiger partial charge in [-0.3, -0.25) is 0 Å². The maximum absolute atomic E-state index is 6.29. The minimum atomic E-state index is 0.320. The van der Waals surface area contributed by atoms with E-state index in [1.165, 1.54) is 5.56 Å². The van der Waals surface area contributed by atoms with Gasteiger partial charge in [-0.2, -0.15) is 0 Å². The Kier molecular flexibility index (Phi) is 7.50. The summed E-state index contributed by atoms with van der Waals surface area (Å²) in [6, 6.07) is 4.02. The van der Waals surface area contributed by atoms with Crippen molar-refractivity contribution < 1.29 is 4.74 Å². The molecule has 0 saturated heterocycles. The standard InChI is InChI=1S/C17H29ClN2O/c1-5-21-17-13(6-12(4)14(9-19)10-20)7-15(18)8-16(17)11(2)3/h7-8,11-12,14H,5-6,9-10,19-20H2,1-4H3. The summed E-state index contributed by atoms with van der Waals surface area (Å²) >= 11 is 6.29. The topological polar surface area (TPSA) is 61.3 Å². The molecule has 1 aromatic carbocycles. The van der Waals surface area contributed by atoms with E-state index in [-0.39, 0.29) is 0 Å². The lowest BCUT2D eigenvalue weighted by Crippen LogP contribution is -2.30. The Labute approximate surface area is 134 Å². The molecule has 0 aliphatic heterocycles. The minimum Gasteiger partial charge on any atom is -0.493 e. The zero-order valence-electron chi connectivity index (χ0n) is 13.7. The summed E-state index contributed by atoms with van der Waals surface area (Å²) in [4.78, 5) is 0. The SMILES string of the molecule is CCOc1c(CC(C)C(CN)CN)cc(Cl)cc1C(C)C. The number of nitrogens with two attached hydrogens (primary N) is 2. The number of hydrogen-bond donors (Lipinski definition) is 2. The first-order valence-corrected chi connectivity index (χ1v) is 8.17. The molecule has 0 aromatic heterocycles. The molecular weight excluding hydrogens is 284 g/mol. The van der Waals surface area contributed by atoms with E-state index >= 15 is 0 Å². The third kappa shape index (κ3) is 4.87. The molecule has 0 amide bonds. The monoisotopic (exact) mass is 312 g/mol. The third-order valence-electron chi connectivity index (χ3n) is 4.02. The van der Waals surface area contributed by atoms with Gasteiger partial charge in [-0.25, -0.2) is 0 Å². The zero-order chi connectivity index (χ0) is 16.0. The minimum absolute atomic E-state index is 0.320. The Bertz CT molecular complexity index is 445. The van der Waals surface area contributed by atoms with Crippen molar-refractivity contribution in [1.29, 1.82) is 0 Å². The Morgan fingerprint density at radius 3 is 2.24 bits per heavy atom. The van der Waals surface area contributed by atoms with Gasteiger partial charge in [0.25, 0.3) is 0 Å². The van der Waals surface area contributed by atoms with E-state index in [0.717, 1.165) is 22.8 Å². The molecule has 21 heavy (non-hydrogen) atoms. The molecule has 1 unspecified atom stereocenters. The smallest absolute Gasteiger partial charge is 0.126 e. The number of ether oxygens (including phenoxy) is 1. The molecule has 120 valence electrons. The van der Waals surface area contributed by atoms with Crippen molar-refractivity contribution in [2.45, 2.75) is 40.0 Å². The number of hydrogen-bond acceptors (Lipinski definition) is 3. The highest BCUT2D eigenvalue weighted by Gasteiger charge is 2.20. The van der Waals surface area contributed by atoms with E-state index in [2.05, 4.69) is 20.8 Å². The fourth-order valence-corrected chi connectivity index (χ4v) is 2.90. The van der Waals surface area contributed by atoms with Crippen LogP contribution in [0.1, 0.15) is 44.7 Å². The van der Waals surface area contributed by atoms with E-state index in [1.54, 1.807) is 0 Å². The van der Waals surface area contributed by atoms with Crippen molar-refractivity contribution in [2.24, 2.45) is 23.3 Å². The van der Waals surface area contributed by atoms with E-state index in [4.69, 9.17) is 27.8 Å². The summed E-state index contributed by atoms with van der Waals surface area (Å²) in [6.07, 6.45) is 0.884. The number of halogens is 1. The van der Waals surface area contributed by atoms with E-state index < -0.39 is 0 Å². The van der Waals surface area contributed by atoms with Crippen LogP contribution in [0.5, 0.6) is 5.75 Å². The normalized spacial score (nSPS) is 13.0. The van der Waals surface area contributed by atoms with Crippen molar-refractivity contribution in [1.82, 2.24) is 0 Å². The number of benzene rings is 1. The average molecular weight is 313 g/mol. The molecule has 0 aliphatic rings. The fraction of sp³-hybridized carbons (Fsp3) is 0.647. The summed E-state index contributed by atoms with van der Waals surface area (Å²) in [5.41, 5.74) is 13.9. The highest BCUT2D eigenvalue weighted by atomic mass is 35.5. The number of rotatable bonds is 8. The van der Waals surface area contributed by atoms with Crippen LogP contribution in [0.15, 0.2) is 12.1 Å². The summed E-state index contributed by atoms with van der Waals surface area (Å²) in [7, 11) is 0. The molecule has 0 aliphatic carbocycles. The molecule has 1 aromatic rings. The highest BCUT2D eigenvalue weighted by molar-refractivity contribution is 6.30. The quantitative estimate of drug-likeness (QED) is 0.771. The second kappa shape index (κ2) is 8.62. The zero-order valence-corrected chi connectivity index (χ0v) is 14.4. The molecule has 4 heteroatoms. The molecule has 0 fully saturated rings. The van der Waals surface area contributed by atoms with Crippen molar-refractivity contribution in [3.05, 3.63) is 28.3 Å². The van der Waals surface area contributed by atoms with Gasteiger partial charge in [-0.15, -0.1) is 0 Å². The van der Waals surface area contributed by atoms with Gasteiger partial charge < -0.3 is 16.2 Å². The lowest BCUT2D eigenvalue weighted by atomic mass is 9.86. The summed E-state index contributed by atoms with van der Waals surface area (Å²) in [5.74, 6) is 2.08. The molecule has 4 N–H and O–H groups in total. The average Bonchev–Trinajstić information content (AvgIpc) is 2.42. The van der Waals surface area contributed by atoms with Crippen molar-refractivity contribution >= 4 is 11.6 Å². The summed E-state index contributed by atoms with van der Waals surface area (Å²) in [5, 5.41) is 0.765. The van der Waals surface area contributed by atoms with Crippen molar-refractivity contribution in [3.63, 3.8) is 0 Å². The fourth-order valence-electron chi connectivity index (χ4n) is 2.65. The van der Waals surface area contributed by atoms with Gasteiger partial charge in [0.15, 0.2) is 0 Å². The lowest BCUT2D eigenvalue weighted by molar-refractivity contribution is 0.322. The van der Waals surface area contributed by atoms with Gasteiger partial charge in [-0.05, 0) is 67.4 Å². The van der Waals surface area contributed by atoms with Crippen LogP contribution in [-0.2, 0) is 6.42 Å². The first kappa shape index (κ1) is 18.3. The van der Waals surface area contributed by atoms with Crippen LogP contribution in [0.25, 0.3) is 0 Å². The molecule has 0 heterocycles. The van der Waals surface area contributed by atoms with Gasteiger partial charge in [0.2, 0.25) is 0 Å². The maximum Gasteiger partial charge on any atom is 0.126 e.